The zero-order valence-corrected chi connectivity index (χ0v) is 9.33. The molecule has 1 aromatic heterocycles. The number of aromatic nitrogens is 1. The standard InChI is InChI=1S/C11H12ClN3/c1-15-3-2-8(7-15)10-4-9(5-13)11(12)14-6-10/h4,6,8H,2-3,7H2,1H3. The van der Waals surface area contributed by atoms with Crippen LogP contribution < -0.4 is 0 Å². The van der Waals surface area contributed by atoms with Gasteiger partial charge < -0.3 is 4.90 Å². The molecule has 3 nitrogen and oxygen atoms in total. The van der Waals surface area contributed by atoms with Gasteiger partial charge in [0.15, 0.2) is 0 Å². The number of likely N-dealkylation sites (N-methyl/N-ethyl adjacent to an activating group) is 1. The lowest BCUT2D eigenvalue weighted by atomic mass is 9.99. The summed E-state index contributed by atoms with van der Waals surface area (Å²) in [6.45, 7) is 2.14. The van der Waals surface area contributed by atoms with E-state index in [9.17, 15) is 0 Å². The van der Waals surface area contributed by atoms with E-state index < -0.39 is 0 Å². The Labute approximate surface area is 94.3 Å². The molecule has 1 aliphatic rings. The van der Waals surface area contributed by atoms with Crippen molar-refractivity contribution in [3.8, 4) is 6.07 Å². The van der Waals surface area contributed by atoms with Gasteiger partial charge in [0.1, 0.15) is 11.2 Å². The van der Waals surface area contributed by atoms with Crippen molar-refractivity contribution in [2.75, 3.05) is 20.1 Å². The third kappa shape index (κ3) is 2.11. The highest BCUT2D eigenvalue weighted by atomic mass is 35.5. The molecule has 0 saturated carbocycles. The molecule has 2 heterocycles. The lowest BCUT2D eigenvalue weighted by Crippen LogP contribution is -2.13. The lowest BCUT2D eigenvalue weighted by Gasteiger charge is -2.10. The Balaban J connectivity index is 2.26. The highest BCUT2D eigenvalue weighted by Crippen LogP contribution is 2.27. The summed E-state index contributed by atoms with van der Waals surface area (Å²) >= 11 is 5.79. The summed E-state index contributed by atoms with van der Waals surface area (Å²) in [6, 6.07) is 3.92. The van der Waals surface area contributed by atoms with Gasteiger partial charge in [-0.05, 0) is 37.6 Å². The molecule has 1 saturated heterocycles. The summed E-state index contributed by atoms with van der Waals surface area (Å²) in [7, 11) is 2.11. The Kier molecular flexibility index (Phi) is 2.90. The van der Waals surface area contributed by atoms with Crippen LogP contribution in [0.15, 0.2) is 12.3 Å². The van der Waals surface area contributed by atoms with Crippen molar-refractivity contribution in [1.82, 2.24) is 9.88 Å². The quantitative estimate of drug-likeness (QED) is 0.682. The van der Waals surface area contributed by atoms with Crippen LogP contribution in [-0.2, 0) is 0 Å². The van der Waals surface area contributed by atoms with Gasteiger partial charge in [0, 0.05) is 12.7 Å². The van der Waals surface area contributed by atoms with Crippen molar-refractivity contribution in [2.24, 2.45) is 0 Å². The minimum Gasteiger partial charge on any atom is -0.306 e. The summed E-state index contributed by atoms with van der Waals surface area (Å²) < 4.78 is 0. The number of halogens is 1. The fourth-order valence-electron chi connectivity index (χ4n) is 1.97. The maximum Gasteiger partial charge on any atom is 0.146 e. The summed E-state index contributed by atoms with van der Waals surface area (Å²) in [5.74, 6) is 0.492. The molecule has 4 heteroatoms. The first-order chi connectivity index (χ1) is 7.20. The van der Waals surface area contributed by atoms with E-state index in [4.69, 9.17) is 16.9 Å². The molecule has 78 valence electrons. The third-order valence-electron chi connectivity index (χ3n) is 2.84. The molecule has 1 aromatic rings. The van der Waals surface area contributed by atoms with Crippen LogP contribution in [0.5, 0.6) is 0 Å². The Morgan fingerprint density at radius 2 is 2.47 bits per heavy atom. The fourth-order valence-corrected chi connectivity index (χ4v) is 2.12. The third-order valence-corrected chi connectivity index (χ3v) is 3.14. The molecule has 2 rings (SSSR count). The predicted molar refractivity (Wildman–Crippen MR) is 58.8 cm³/mol. The number of likely N-dealkylation sites (tertiary alicyclic amines) is 1. The van der Waals surface area contributed by atoms with E-state index in [1.54, 1.807) is 6.20 Å². The molecule has 1 fully saturated rings. The first kappa shape index (κ1) is 10.4. The number of nitrogens with zero attached hydrogens (tertiary/aromatic N) is 3. The maximum atomic E-state index is 8.85. The maximum absolute atomic E-state index is 8.85. The molecule has 0 bridgehead atoms. The second-order valence-electron chi connectivity index (χ2n) is 3.97. The van der Waals surface area contributed by atoms with Crippen LogP contribution in [0.3, 0.4) is 0 Å². The van der Waals surface area contributed by atoms with Crippen LogP contribution in [-0.4, -0.2) is 30.0 Å². The van der Waals surface area contributed by atoms with E-state index in [0.717, 1.165) is 25.1 Å². The van der Waals surface area contributed by atoms with Gasteiger partial charge in [-0.2, -0.15) is 5.26 Å². The SMILES string of the molecule is CN1CCC(c2cnc(Cl)c(C#N)c2)C1. The fraction of sp³-hybridized carbons (Fsp3) is 0.455. The van der Waals surface area contributed by atoms with Gasteiger partial charge in [0.05, 0.1) is 5.56 Å². The molecule has 0 aliphatic carbocycles. The van der Waals surface area contributed by atoms with Crippen LogP contribution in [0.25, 0.3) is 0 Å². The Bertz CT molecular complexity index is 411. The molecular weight excluding hydrogens is 210 g/mol. The predicted octanol–water partition coefficient (Wildman–Crippen LogP) is 2.03. The summed E-state index contributed by atoms with van der Waals surface area (Å²) in [5, 5.41) is 9.15. The smallest absolute Gasteiger partial charge is 0.146 e. The van der Waals surface area contributed by atoms with E-state index >= 15 is 0 Å². The van der Waals surface area contributed by atoms with Gasteiger partial charge in [-0.25, -0.2) is 4.98 Å². The van der Waals surface area contributed by atoms with Crippen LogP contribution >= 0.6 is 11.6 Å². The van der Waals surface area contributed by atoms with Crippen molar-refractivity contribution in [1.29, 1.82) is 5.26 Å². The van der Waals surface area contributed by atoms with Crippen LogP contribution in [0.4, 0.5) is 0 Å². The first-order valence-corrected chi connectivity index (χ1v) is 5.32. The number of hydrogen-bond acceptors (Lipinski definition) is 3. The zero-order valence-electron chi connectivity index (χ0n) is 8.57. The normalized spacial score (nSPS) is 21.5. The van der Waals surface area contributed by atoms with Crippen LogP contribution in [0.2, 0.25) is 5.15 Å². The minimum absolute atomic E-state index is 0.299. The minimum atomic E-state index is 0.299. The van der Waals surface area contributed by atoms with Gasteiger partial charge in [-0.3, -0.25) is 0 Å². The van der Waals surface area contributed by atoms with Crippen LogP contribution in [0, 0.1) is 11.3 Å². The summed E-state index contributed by atoms with van der Waals surface area (Å²) in [6.07, 6.45) is 2.91. The monoisotopic (exact) mass is 221 g/mol. The molecule has 1 unspecified atom stereocenters. The van der Waals surface area contributed by atoms with Gasteiger partial charge in [-0.15, -0.1) is 0 Å². The average molecular weight is 222 g/mol. The van der Waals surface area contributed by atoms with E-state index in [2.05, 4.69) is 23.0 Å². The van der Waals surface area contributed by atoms with E-state index in [1.165, 1.54) is 0 Å². The van der Waals surface area contributed by atoms with Crippen molar-refractivity contribution in [2.45, 2.75) is 12.3 Å². The largest absolute Gasteiger partial charge is 0.306 e. The average Bonchev–Trinajstić information content (AvgIpc) is 2.66. The Morgan fingerprint density at radius 3 is 3.07 bits per heavy atom. The molecule has 0 amide bonds. The lowest BCUT2D eigenvalue weighted by molar-refractivity contribution is 0.411. The van der Waals surface area contributed by atoms with Gasteiger partial charge in [0.2, 0.25) is 0 Å². The zero-order chi connectivity index (χ0) is 10.8. The van der Waals surface area contributed by atoms with Crippen LogP contribution in [0.1, 0.15) is 23.5 Å². The molecule has 1 atom stereocenters. The highest BCUT2D eigenvalue weighted by Gasteiger charge is 2.21. The molecule has 15 heavy (non-hydrogen) atoms. The number of rotatable bonds is 1. The Hall–Kier alpha value is -1.11. The summed E-state index contributed by atoms with van der Waals surface area (Å²) in [5.41, 5.74) is 1.60. The van der Waals surface area contributed by atoms with E-state index in [-0.39, 0.29) is 0 Å². The molecule has 0 spiro atoms. The van der Waals surface area contributed by atoms with Gasteiger partial charge in [-0.1, -0.05) is 11.6 Å². The molecule has 1 aliphatic heterocycles. The van der Waals surface area contributed by atoms with Crippen molar-refractivity contribution < 1.29 is 0 Å². The molecule has 0 N–H and O–H groups in total. The second kappa shape index (κ2) is 4.18. The number of pyridine rings is 1. The molecular formula is C11H12ClN3. The van der Waals surface area contributed by atoms with Crippen molar-refractivity contribution in [3.05, 3.63) is 28.5 Å². The van der Waals surface area contributed by atoms with Crippen molar-refractivity contribution >= 4 is 11.6 Å². The first-order valence-electron chi connectivity index (χ1n) is 4.95. The van der Waals surface area contributed by atoms with Crippen molar-refractivity contribution in [3.63, 3.8) is 0 Å². The van der Waals surface area contributed by atoms with E-state index in [0.29, 0.717) is 16.6 Å². The van der Waals surface area contributed by atoms with E-state index in [1.807, 2.05) is 6.07 Å². The van der Waals surface area contributed by atoms with Gasteiger partial charge >= 0.3 is 0 Å². The highest BCUT2D eigenvalue weighted by molar-refractivity contribution is 6.30. The molecule has 0 radical (unpaired) electrons. The second-order valence-corrected chi connectivity index (χ2v) is 4.32. The number of nitriles is 1. The summed E-state index contributed by atoms with van der Waals surface area (Å²) in [4.78, 5) is 6.33. The topological polar surface area (TPSA) is 39.9 Å². The Morgan fingerprint density at radius 1 is 1.67 bits per heavy atom. The molecule has 0 aromatic carbocycles. The van der Waals surface area contributed by atoms with Gasteiger partial charge in [0.25, 0.3) is 0 Å². The number of hydrogen-bond donors (Lipinski definition) is 0.